The van der Waals surface area contributed by atoms with Crippen LogP contribution in [0.3, 0.4) is 0 Å². The normalized spacial score (nSPS) is 11.5. The van der Waals surface area contributed by atoms with Crippen molar-refractivity contribution < 1.29 is 0 Å². The first-order valence-electron chi connectivity index (χ1n) is 5.58. The van der Waals surface area contributed by atoms with Gasteiger partial charge >= 0.3 is 0 Å². The molecule has 3 nitrogen and oxygen atoms in total. The number of azo groups is 1. The van der Waals surface area contributed by atoms with Crippen LogP contribution in [0.5, 0.6) is 0 Å². The minimum atomic E-state index is 0.504. The Balaban J connectivity index is 2.28. The van der Waals surface area contributed by atoms with Gasteiger partial charge in [0, 0.05) is 11.6 Å². The Bertz CT molecular complexity index is 515. The van der Waals surface area contributed by atoms with Gasteiger partial charge in [-0.05, 0) is 30.0 Å². The molecule has 0 N–H and O–H groups in total. The fraction of sp³-hybridized carbons (Fsp3) is 0.308. The van der Waals surface area contributed by atoms with Gasteiger partial charge in [-0.1, -0.05) is 26.0 Å². The van der Waals surface area contributed by atoms with Gasteiger partial charge in [0.1, 0.15) is 0 Å². The lowest BCUT2D eigenvalue weighted by Crippen LogP contribution is -1.87. The molecule has 0 bridgehead atoms. The van der Waals surface area contributed by atoms with Crippen LogP contribution in [0.4, 0.5) is 10.8 Å². The van der Waals surface area contributed by atoms with Crippen LogP contribution < -0.4 is 0 Å². The molecule has 0 atom stereocenters. The summed E-state index contributed by atoms with van der Waals surface area (Å²) in [4.78, 5) is 4.08. The molecule has 88 valence electrons. The highest BCUT2D eigenvalue weighted by molar-refractivity contribution is 7.13. The maximum absolute atomic E-state index is 4.26. The molecule has 2 aromatic rings. The molecule has 17 heavy (non-hydrogen) atoms. The summed E-state index contributed by atoms with van der Waals surface area (Å²) in [7, 11) is 0. The molecule has 2 rings (SSSR count). The zero-order valence-corrected chi connectivity index (χ0v) is 11.0. The van der Waals surface area contributed by atoms with Gasteiger partial charge in [-0.3, -0.25) is 0 Å². The molecule has 0 spiro atoms. The SMILES string of the molecule is Cc1ccc(C(C)C)cc1N=Nc1nccs1. The summed E-state index contributed by atoms with van der Waals surface area (Å²) in [6.45, 7) is 6.39. The minimum Gasteiger partial charge on any atom is -0.226 e. The molecule has 1 aromatic carbocycles. The van der Waals surface area contributed by atoms with Crippen molar-refractivity contribution in [3.05, 3.63) is 40.9 Å². The molecule has 0 fully saturated rings. The number of aromatic nitrogens is 1. The highest BCUT2D eigenvalue weighted by atomic mass is 32.1. The average Bonchev–Trinajstić information content (AvgIpc) is 2.80. The van der Waals surface area contributed by atoms with Crippen LogP contribution in [-0.4, -0.2) is 4.98 Å². The van der Waals surface area contributed by atoms with Crippen molar-refractivity contribution in [2.45, 2.75) is 26.7 Å². The van der Waals surface area contributed by atoms with Gasteiger partial charge in [-0.2, -0.15) is 0 Å². The first-order valence-corrected chi connectivity index (χ1v) is 6.46. The Morgan fingerprint density at radius 1 is 1.24 bits per heavy atom. The van der Waals surface area contributed by atoms with Gasteiger partial charge in [0.25, 0.3) is 0 Å². The van der Waals surface area contributed by atoms with Gasteiger partial charge in [-0.15, -0.1) is 21.6 Å². The summed E-state index contributed by atoms with van der Waals surface area (Å²) >= 11 is 1.49. The molecule has 0 amide bonds. The second-order valence-corrected chi connectivity index (χ2v) is 5.09. The number of thiazole rings is 1. The fourth-order valence-corrected chi connectivity index (χ4v) is 1.91. The molecule has 0 radical (unpaired) electrons. The van der Waals surface area contributed by atoms with Gasteiger partial charge < -0.3 is 0 Å². The van der Waals surface area contributed by atoms with Crippen LogP contribution in [0.2, 0.25) is 0 Å². The van der Waals surface area contributed by atoms with Gasteiger partial charge in [0.15, 0.2) is 0 Å². The quantitative estimate of drug-likeness (QED) is 0.702. The van der Waals surface area contributed by atoms with Crippen LogP contribution >= 0.6 is 11.3 Å². The molecule has 0 aliphatic heterocycles. The lowest BCUT2D eigenvalue weighted by Gasteiger charge is -2.07. The molecule has 0 aliphatic carbocycles. The van der Waals surface area contributed by atoms with Gasteiger partial charge in [-0.25, -0.2) is 4.98 Å². The highest BCUT2D eigenvalue weighted by Crippen LogP contribution is 2.26. The molecule has 0 unspecified atom stereocenters. The van der Waals surface area contributed by atoms with E-state index < -0.39 is 0 Å². The maximum Gasteiger partial charge on any atom is 0.229 e. The molecule has 4 heteroatoms. The summed E-state index contributed by atoms with van der Waals surface area (Å²) in [5.41, 5.74) is 3.34. The smallest absolute Gasteiger partial charge is 0.226 e. The standard InChI is InChI=1S/C13H15N3S/c1-9(2)11-5-4-10(3)12(8-11)15-16-13-14-6-7-17-13/h4-9H,1-3H3. The molecule has 0 saturated heterocycles. The first kappa shape index (κ1) is 11.9. The molecule has 1 aromatic heterocycles. The lowest BCUT2D eigenvalue weighted by atomic mass is 10.0. The zero-order valence-electron chi connectivity index (χ0n) is 10.2. The van der Waals surface area contributed by atoms with E-state index >= 15 is 0 Å². The Labute approximate surface area is 105 Å². The summed E-state index contributed by atoms with van der Waals surface area (Å²) < 4.78 is 0. The van der Waals surface area contributed by atoms with E-state index in [0.29, 0.717) is 11.0 Å². The van der Waals surface area contributed by atoms with Crippen LogP contribution in [0.25, 0.3) is 0 Å². The van der Waals surface area contributed by atoms with Crippen molar-refractivity contribution in [3.8, 4) is 0 Å². The monoisotopic (exact) mass is 245 g/mol. The highest BCUT2D eigenvalue weighted by Gasteiger charge is 2.03. The van der Waals surface area contributed by atoms with Crippen molar-refractivity contribution in [2.24, 2.45) is 10.2 Å². The molecular formula is C13H15N3S. The maximum atomic E-state index is 4.26. The Kier molecular flexibility index (Phi) is 3.64. The third-order valence-electron chi connectivity index (χ3n) is 2.56. The van der Waals surface area contributed by atoms with E-state index in [1.54, 1.807) is 6.20 Å². The minimum absolute atomic E-state index is 0.504. The second kappa shape index (κ2) is 5.19. The topological polar surface area (TPSA) is 37.6 Å². The summed E-state index contributed by atoms with van der Waals surface area (Å²) in [5.74, 6) is 0.504. The van der Waals surface area contributed by atoms with E-state index in [2.05, 4.69) is 47.3 Å². The van der Waals surface area contributed by atoms with E-state index in [1.165, 1.54) is 16.9 Å². The molecule has 1 heterocycles. The number of hydrogen-bond donors (Lipinski definition) is 0. The number of nitrogens with zero attached hydrogens (tertiary/aromatic N) is 3. The molecular weight excluding hydrogens is 230 g/mol. The number of hydrogen-bond acceptors (Lipinski definition) is 4. The fourth-order valence-electron chi connectivity index (χ4n) is 1.46. The van der Waals surface area contributed by atoms with E-state index in [9.17, 15) is 0 Å². The second-order valence-electron chi connectivity index (χ2n) is 4.22. The van der Waals surface area contributed by atoms with Crippen LogP contribution in [0.15, 0.2) is 40.0 Å². The van der Waals surface area contributed by atoms with Gasteiger partial charge in [0.2, 0.25) is 5.13 Å². The van der Waals surface area contributed by atoms with Gasteiger partial charge in [0.05, 0.1) is 5.69 Å². The number of benzene rings is 1. The van der Waals surface area contributed by atoms with Crippen molar-refractivity contribution in [1.82, 2.24) is 4.98 Å². The zero-order chi connectivity index (χ0) is 12.3. The number of aryl methyl sites for hydroxylation is 1. The summed E-state index contributed by atoms with van der Waals surface area (Å²) in [5, 5.41) is 11.0. The average molecular weight is 245 g/mol. The van der Waals surface area contributed by atoms with E-state index in [-0.39, 0.29) is 0 Å². The Morgan fingerprint density at radius 2 is 2.06 bits per heavy atom. The van der Waals surface area contributed by atoms with E-state index in [0.717, 1.165) is 11.3 Å². The number of rotatable bonds is 3. The van der Waals surface area contributed by atoms with E-state index in [1.807, 2.05) is 12.3 Å². The van der Waals surface area contributed by atoms with Crippen LogP contribution in [0.1, 0.15) is 30.9 Å². The first-order chi connectivity index (χ1) is 8.16. The van der Waals surface area contributed by atoms with Crippen molar-refractivity contribution in [2.75, 3.05) is 0 Å². The van der Waals surface area contributed by atoms with Crippen molar-refractivity contribution in [1.29, 1.82) is 0 Å². The molecule has 0 saturated carbocycles. The predicted molar refractivity (Wildman–Crippen MR) is 71.6 cm³/mol. The summed E-state index contributed by atoms with van der Waals surface area (Å²) in [6, 6.07) is 6.32. The van der Waals surface area contributed by atoms with Crippen molar-refractivity contribution >= 4 is 22.2 Å². The Hall–Kier alpha value is -1.55. The predicted octanol–water partition coefficient (Wildman–Crippen LogP) is 4.99. The molecule has 0 aliphatic rings. The van der Waals surface area contributed by atoms with Crippen molar-refractivity contribution in [3.63, 3.8) is 0 Å². The van der Waals surface area contributed by atoms with Crippen LogP contribution in [-0.2, 0) is 0 Å². The Morgan fingerprint density at radius 3 is 2.71 bits per heavy atom. The van der Waals surface area contributed by atoms with E-state index in [4.69, 9.17) is 0 Å². The summed E-state index contributed by atoms with van der Waals surface area (Å²) in [6.07, 6.45) is 1.73. The van der Waals surface area contributed by atoms with Crippen LogP contribution in [0, 0.1) is 6.92 Å². The largest absolute Gasteiger partial charge is 0.229 e. The third kappa shape index (κ3) is 2.97. The lowest BCUT2D eigenvalue weighted by molar-refractivity contribution is 0.865. The third-order valence-corrected chi connectivity index (χ3v) is 3.22.